The van der Waals surface area contributed by atoms with Gasteiger partial charge in [-0.25, -0.2) is 0 Å². The highest BCUT2D eigenvalue weighted by atomic mass is 16.2. The molecule has 1 aromatic heterocycles. The van der Waals surface area contributed by atoms with Crippen LogP contribution in [0, 0.1) is 0 Å². The number of nitrogens with two attached hydrogens (primary N) is 1. The minimum Gasteiger partial charge on any atom is -0.381 e. The molecule has 1 fully saturated rings. The van der Waals surface area contributed by atoms with Crippen molar-refractivity contribution in [2.75, 3.05) is 18.8 Å². The van der Waals surface area contributed by atoms with Gasteiger partial charge in [-0.1, -0.05) is 0 Å². The zero-order valence-corrected chi connectivity index (χ0v) is 7.89. The number of aromatic nitrogens is 3. The highest BCUT2D eigenvalue weighted by Crippen LogP contribution is 2.08. The topological polar surface area (TPSA) is 77.0 Å². The quantitative estimate of drug-likeness (QED) is 0.704. The summed E-state index contributed by atoms with van der Waals surface area (Å²) in [5, 5.41) is 7.89. The predicted octanol–water partition coefficient (Wildman–Crippen LogP) is -0.517. The van der Waals surface area contributed by atoms with Crippen LogP contribution in [0.25, 0.3) is 0 Å². The zero-order valence-electron chi connectivity index (χ0n) is 7.89. The first-order valence-corrected chi connectivity index (χ1v) is 4.69. The molecule has 6 nitrogen and oxygen atoms in total. The molecule has 76 valence electrons. The molecule has 0 atom stereocenters. The van der Waals surface area contributed by atoms with Crippen LogP contribution in [0.5, 0.6) is 0 Å². The van der Waals surface area contributed by atoms with E-state index >= 15 is 0 Å². The fourth-order valence-electron chi connectivity index (χ4n) is 1.57. The minimum absolute atomic E-state index is 0.227. The molecule has 1 aromatic rings. The first-order chi connectivity index (χ1) is 6.75. The highest BCUT2D eigenvalue weighted by molar-refractivity contribution is 5.77. The number of carbonyl (C=O) groups excluding carboxylic acids is 1. The average molecular weight is 195 g/mol. The molecule has 6 heteroatoms. The second kappa shape index (κ2) is 3.65. The smallest absolute Gasteiger partial charge is 0.222 e. The van der Waals surface area contributed by atoms with Crippen molar-refractivity contribution in [3.63, 3.8) is 0 Å². The third kappa shape index (κ3) is 1.84. The van der Waals surface area contributed by atoms with Crippen molar-refractivity contribution in [2.45, 2.75) is 19.4 Å². The zero-order chi connectivity index (χ0) is 9.97. The molecule has 14 heavy (non-hydrogen) atoms. The highest BCUT2D eigenvalue weighted by Gasteiger charge is 2.19. The summed E-state index contributed by atoms with van der Waals surface area (Å²) < 4.78 is 0. The van der Waals surface area contributed by atoms with Crippen molar-refractivity contribution < 1.29 is 4.79 Å². The van der Waals surface area contributed by atoms with E-state index in [0.717, 1.165) is 13.0 Å². The van der Waals surface area contributed by atoms with Gasteiger partial charge in [-0.15, -0.1) is 5.10 Å². The Morgan fingerprint density at radius 1 is 1.50 bits per heavy atom. The molecule has 0 radical (unpaired) electrons. The van der Waals surface area contributed by atoms with Gasteiger partial charge in [0.15, 0.2) is 5.82 Å². The van der Waals surface area contributed by atoms with Gasteiger partial charge >= 0.3 is 0 Å². The number of anilines is 1. The van der Waals surface area contributed by atoms with Gasteiger partial charge in [0.1, 0.15) is 0 Å². The van der Waals surface area contributed by atoms with Gasteiger partial charge in [-0.3, -0.25) is 4.79 Å². The number of amides is 1. The first kappa shape index (κ1) is 8.98. The second-order valence-corrected chi connectivity index (χ2v) is 3.35. The number of nitrogen functional groups attached to an aromatic ring is 1. The lowest BCUT2D eigenvalue weighted by molar-refractivity contribution is -0.127. The maximum absolute atomic E-state index is 11.3. The van der Waals surface area contributed by atoms with Gasteiger partial charge in [0.25, 0.3) is 0 Å². The molecular formula is C8H13N5O. The number of likely N-dealkylation sites (tertiary alicyclic amines) is 1. The van der Waals surface area contributed by atoms with Crippen LogP contribution in [-0.2, 0) is 11.3 Å². The Morgan fingerprint density at radius 2 is 2.36 bits per heavy atom. The Balaban J connectivity index is 1.85. The van der Waals surface area contributed by atoms with Crippen LogP contribution >= 0.6 is 0 Å². The van der Waals surface area contributed by atoms with Crippen molar-refractivity contribution in [1.82, 2.24) is 19.9 Å². The first-order valence-electron chi connectivity index (χ1n) is 4.69. The molecule has 0 spiro atoms. The largest absolute Gasteiger partial charge is 0.381 e. The van der Waals surface area contributed by atoms with E-state index in [1.165, 1.54) is 11.0 Å². The maximum Gasteiger partial charge on any atom is 0.222 e. The van der Waals surface area contributed by atoms with Gasteiger partial charge in [0.05, 0.1) is 12.7 Å². The fraction of sp³-hybridized carbons (Fsp3) is 0.625. The molecule has 0 bridgehead atoms. The monoisotopic (exact) mass is 195 g/mol. The molecule has 0 unspecified atom stereocenters. The van der Waals surface area contributed by atoms with E-state index in [-0.39, 0.29) is 5.91 Å². The van der Waals surface area contributed by atoms with Crippen molar-refractivity contribution in [3.05, 3.63) is 6.20 Å². The van der Waals surface area contributed by atoms with Crippen LogP contribution in [0.3, 0.4) is 0 Å². The van der Waals surface area contributed by atoms with E-state index in [1.807, 2.05) is 4.90 Å². The Labute approximate surface area is 81.7 Å². The lowest BCUT2D eigenvalue weighted by Gasteiger charge is -2.14. The molecule has 0 aromatic carbocycles. The van der Waals surface area contributed by atoms with E-state index in [2.05, 4.69) is 10.2 Å². The minimum atomic E-state index is 0.227. The van der Waals surface area contributed by atoms with Crippen LogP contribution in [0.2, 0.25) is 0 Å². The summed E-state index contributed by atoms with van der Waals surface area (Å²) in [5.41, 5.74) is 5.41. The molecular weight excluding hydrogens is 182 g/mol. The molecule has 2 rings (SSSR count). The van der Waals surface area contributed by atoms with Crippen LogP contribution in [-0.4, -0.2) is 38.9 Å². The number of hydrogen-bond acceptors (Lipinski definition) is 4. The standard InChI is InChI=1S/C8H13N5O/c9-7-6-10-13(11-7)5-4-12-3-1-2-8(12)14/h6H,1-5H2,(H2,9,11). The van der Waals surface area contributed by atoms with E-state index in [9.17, 15) is 4.79 Å². The van der Waals surface area contributed by atoms with Crippen molar-refractivity contribution in [2.24, 2.45) is 0 Å². The molecule has 0 saturated carbocycles. The second-order valence-electron chi connectivity index (χ2n) is 3.35. The Morgan fingerprint density at radius 3 is 2.93 bits per heavy atom. The van der Waals surface area contributed by atoms with E-state index in [0.29, 0.717) is 25.3 Å². The third-order valence-electron chi connectivity index (χ3n) is 2.30. The average Bonchev–Trinajstić information content (AvgIpc) is 2.72. The molecule has 1 amide bonds. The van der Waals surface area contributed by atoms with Gasteiger partial charge in [0.2, 0.25) is 5.91 Å². The molecule has 0 aliphatic carbocycles. The number of hydrogen-bond donors (Lipinski definition) is 1. The van der Waals surface area contributed by atoms with Crippen LogP contribution in [0.1, 0.15) is 12.8 Å². The van der Waals surface area contributed by atoms with Crippen LogP contribution in [0.15, 0.2) is 6.20 Å². The summed E-state index contributed by atoms with van der Waals surface area (Å²) in [6, 6.07) is 0. The van der Waals surface area contributed by atoms with Crippen molar-refractivity contribution in [1.29, 1.82) is 0 Å². The lowest BCUT2D eigenvalue weighted by atomic mass is 10.4. The molecule has 1 aliphatic heterocycles. The SMILES string of the molecule is Nc1cnn(CCN2CCCC2=O)n1. The van der Waals surface area contributed by atoms with Gasteiger partial charge in [-0.05, 0) is 6.42 Å². The molecule has 2 N–H and O–H groups in total. The maximum atomic E-state index is 11.3. The summed E-state index contributed by atoms with van der Waals surface area (Å²) in [4.78, 5) is 14.6. The normalized spacial score (nSPS) is 16.6. The Hall–Kier alpha value is -1.59. The van der Waals surface area contributed by atoms with E-state index in [1.54, 1.807) is 0 Å². The summed E-state index contributed by atoms with van der Waals surface area (Å²) in [6.45, 7) is 2.14. The number of rotatable bonds is 3. The summed E-state index contributed by atoms with van der Waals surface area (Å²) in [7, 11) is 0. The van der Waals surface area contributed by atoms with E-state index in [4.69, 9.17) is 5.73 Å². The van der Waals surface area contributed by atoms with Crippen LogP contribution < -0.4 is 5.73 Å². The summed E-state index contributed by atoms with van der Waals surface area (Å²) in [6.07, 6.45) is 3.15. The molecule has 1 saturated heterocycles. The summed E-state index contributed by atoms with van der Waals surface area (Å²) in [5.74, 6) is 0.642. The van der Waals surface area contributed by atoms with Gasteiger partial charge in [0, 0.05) is 19.5 Å². The van der Waals surface area contributed by atoms with Crippen LogP contribution in [0.4, 0.5) is 5.82 Å². The van der Waals surface area contributed by atoms with E-state index < -0.39 is 0 Å². The molecule has 2 heterocycles. The molecule has 1 aliphatic rings. The number of carbonyl (C=O) groups is 1. The lowest BCUT2D eigenvalue weighted by Crippen LogP contribution is -2.29. The van der Waals surface area contributed by atoms with Gasteiger partial charge in [-0.2, -0.15) is 9.90 Å². The predicted molar refractivity (Wildman–Crippen MR) is 50.2 cm³/mol. The third-order valence-corrected chi connectivity index (χ3v) is 2.30. The Bertz CT molecular complexity index is 334. The van der Waals surface area contributed by atoms with Crippen molar-refractivity contribution >= 4 is 11.7 Å². The fourth-order valence-corrected chi connectivity index (χ4v) is 1.57. The van der Waals surface area contributed by atoms with Gasteiger partial charge < -0.3 is 10.6 Å². The number of nitrogens with zero attached hydrogens (tertiary/aromatic N) is 4. The Kier molecular flexibility index (Phi) is 2.34. The summed E-state index contributed by atoms with van der Waals surface area (Å²) >= 11 is 0. The van der Waals surface area contributed by atoms with Crippen molar-refractivity contribution in [3.8, 4) is 0 Å².